The quantitative estimate of drug-likeness (QED) is 0.764. The lowest BCUT2D eigenvalue weighted by atomic mass is 10.0. The van der Waals surface area contributed by atoms with E-state index in [9.17, 15) is 14.7 Å². The molecule has 0 aliphatic carbocycles. The van der Waals surface area contributed by atoms with Crippen LogP contribution in [0, 0.1) is 0 Å². The van der Waals surface area contributed by atoms with Crippen molar-refractivity contribution in [2.45, 2.75) is 25.9 Å². The number of hydrogen-bond donors (Lipinski definition) is 3. The largest absolute Gasteiger partial charge is 0.482 e. The van der Waals surface area contributed by atoms with Crippen molar-refractivity contribution in [1.82, 2.24) is 5.32 Å². The molecule has 0 aromatic heterocycles. The van der Waals surface area contributed by atoms with Gasteiger partial charge in [0.1, 0.15) is 5.75 Å². The summed E-state index contributed by atoms with van der Waals surface area (Å²) < 4.78 is 5.25. The van der Waals surface area contributed by atoms with Crippen LogP contribution in [-0.4, -0.2) is 35.7 Å². The van der Waals surface area contributed by atoms with Gasteiger partial charge in [-0.3, -0.25) is 9.59 Å². The third-order valence-electron chi connectivity index (χ3n) is 3.27. The van der Waals surface area contributed by atoms with E-state index in [1.807, 2.05) is 6.92 Å². The Bertz CT molecular complexity index is 540. The van der Waals surface area contributed by atoms with Crippen LogP contribution < -0.4 is 15.4 Å². The molecule has 1 heterocycles. The maximum Gasteiger partial charge on any atom is 0.262 e. The van der Waals surface area contributed by atoms with Crippen molar-refractivity contribution in [2.75, 3.05) is 18.5 Å². The summed E-state index contributed by atoms with van der Waals surface area (Å²) in [6.45, 7) is 3.64. The number of carbonyl (C=O) groups excluding carboxylic acids is 2. The maximum atomic E-state index is 12.0. The second-order valence-electron chi connectivity index (χ2n) is 5.08. The molecule has 1 aromatic carbocycles. The molecule has 2 amide bonds. The fourth-order valence-electron chi connectivity index (χ4n) is 1.71. The van der Waals surface area contributed by atoms with Gasteiger partial charge in [0.25, 0.3) is 11.8 Å². The van der Waals surface area contributed by atoms with E-state index in [1.165, 1.54) is 0 Å². The minimum absolute atomic E-state index is 0.0530. The number of fused-ring (bicyclic) bond motifs is 1. The Balaban J connectivity index is 2.06. The van der Waals surface area contributed by atoms with Crippen LogP contribution in [0.15, 0.2) is 18.2 Å². The molecule has 6 heteroatoms. The maximum absolute atomic E-state index is 12.0. The molecular weight excluding hydrogens is 260 g/mol. The molecular formula is C14H18N2O4. The minimum Gasteiger partial charge on any atom is -0.482 e. The molecule has 0 saturated carbocycles. The van der Waals surface area contributed by atoms with Crippen LogP contribution >= 0.6 is 0 Å². The fraction of sp³-hybridized carbons (Fsp3) is 0.429. The van der Waals surface area contributed by atoms with E-state index >= 15 is 0 Å². The highest BCUT2D eigenvalue weighted by Crippen LogP contribution is 2.28. The summed E-state index contributed by atoms with van der Waals surface area (Å²) in [5.74, 6) is -0.0322. The second kappa shape index (κ2) is 5.50. The first-order valence-electron chi connectivity index (χ1n) is 6.48. The Hall–Kier alpha value is -2.08. The molecule has 1 atom stereocenters. The van der Waals surface area contributed by atoms with Crippen LogP contribution in [-0.2, 0) is 4.79 Å². The van der Waals surface area contributed by atoms with E-state index in [1.54, 1.807) is 25.1 Å². The number of rotatable bonds is 4. The van der Waals surface area contributed by atoms with E-state index in [0.717, 1.165) is 0 Å². The Kier molecular flexibility index (Phi) is 3.94. The highest BCUT2D eigenvalue weighted by Gasteiger charge is 2.21. The predicted molar refractivity (Wildman–Crippen MR) is 73.8 cm³/mol. The van der Waals surface area contributed by atoms with Gasteiger partial charge in [0.15, 0.2) is 6.61 Å². The zero-order valence-corrected chi connectivity index (χ0v) is 11.5. The predicted octanol–water partition coefficient (Wildman–Crippen LogP) is 0.908. The minimum atomic E-state index is -0.922. The lowest BCUT2D eigenvalue weighted by molar-refractivity contribution is -0.118. The van der Waals surface area contributed by atoms with Gasteiger partial charge in [-0.25, -0.2) is 0 Å². The van der Waals surface area contributed by atoms with Crippen molar-refractivity contribution in [3.63, 3.8) is 0 Å². The molecule has 20 heavy (non-hydrogen) atoms. The molecule has 6 nitrogen and oxygen atoms in total. The number of aliphatic hydroxyl groups is 1. The summed E-state index contributed by atoms with van der Waals surface area (Å²) in [6.07, 6.45) is 0.548. The number of amides is 2. The van der Waals surface area contributed by atoms with E-state index in [2.05, 4.69) is 10.6 Å². The molecule has 1 aliphatic rings. The topological polar surface area (TPSA) is 87.7 Å². The Morgan fingerprint density at radius 1 is 1.55 bits per heavy atom. The zero-order chi connectivity index (χ0) is 14.8. The number of hydrogen-bond acceptors (Lipinski definition) is 4. The normalized spacial score (nSPS) is 16.4. The van der Waals surface area contributed by atoms with Crippen LogP contribution in [0.1, 0.15) is 30.6 Å². The van der Waals surface area contributed by atoms with Gasteiger partial charge in [-0.05, 0) is 31.5 Å². The molecule has 0 bridgehead atoms. The van der Waals surface area contributed by atoms with Crippen LogP contribution in [0.4, 0.5) is 5.69 Å². The molecule has 2 rings (SSSR count). The SMILES string of the molecule is CCC(C)(O)CNC(=O)c1ccc2c(c1)OCC(=O)N2. The molecule has 1 aliphatic heterocycles. The third kappa shape index (κ3) is 3.27. The Labute approximate surface area is 117 Å². The van der Waals surface area contributed by atoms with Crippen molar-refractivity contribution in [2.24, 2.45) is 0 Å². The summed E-state index contributed by atoms with van der Waals surface area (Å²) in [5.41, 5.74) is 0.0547. The van der Waals surface area contributed by atoms with Gasteiger partial charge in [0.2, 0.25) is 0 Å². The van der Waals surface area contributed by atoms with Crippen molar-refractivity contribution >= 4 is 17.5 Å². The van der Waals surface area contributed by atoms with E-state index < -0.39 is 5.60 Å². The molecule has 1 unspecified atom stereocenters. The van der Waals surface area contributed by atoms with E-state index in [4.69, 9.17) is 4.74 Å². The third-order valence-corrected chi connectivity index (χ3v) is 3.27. The first-order valence-corrected chi connectivity index (χ1v) is 6.48. The van der Waals surface area contributed by atoms with Crippen LogP contribution in [0.3, 0.4) is 0 Å². The van der Waals surface area contributed by atoms with Crippen molar-refractivity contribution in [1.29, 1.82) is 0 Å². The summed E-state index contributed by atoms with van der Waals surface area (Å²) >= 11 is 0. The lowest BCUT2D eigenvalue weighted by Gasteiger charge is -2.22. The highest BCUT2D eigenvalue weighted by atomic mass is 16.5. The molecule has 1 aromatic rings. The summed E-state index contributed by atoms with van der Waals surface area (Å²) in [5, 5.41) is 15.2. The standard InChI is InChI=1S/C14H18N2O4/c1-3-14(2,19)8-15-13(18)9-4-5-10-11(6-9)20-7-12(17)16-10/h4-6,19H,3,7-8H2,1-2H3,(H,15,18)(H,16,17). The first-order chi connectivity index (χ1) is 9.41. The first kappa shape index (κ1) is 14.3. The monoisotopic (exact) mass is 278 g/mol. The summed E-state index contributed by atoms with van der Waals surface area (Å²) in [6, 6.07) is 4.80. The number of ether oxygens (including phenoxy) is 1. The molecule has 0 radical (unpaired) electrons. The smallest absolute Gasteiger partial charge is 0.262 e. The fourth-order valence-corrected chi connectivity index (χ4v) is 1.71. The van der Waals surface area contributed by atoms with Crippen molar-refractivity contribution in [3.8, 4) is 5.75 Å². The lowest BCUT2D eigenvalue weighted by Crippen LogP contribution is -2.40. The number of nitrogens with one attached hydrogen (secondary N) is 2. The van der Waals surface area contributed by atoms with Gasteiger partial charge >= 0.3 is 0 Å². The van der Waals surface area contributed by atoms with Crippen LogP contribution in [0.2, 0.25) is 0 Å². The average molecular weight is 278 g/mol. The number of carbonyl (C=O) groups is 2. The highest BCUT2D eigenvalue weighted by molar-refractivity contribution is 5.98. The summed E-state index contributed by atoms with van der Waals surface area (Å²) in [4.78, 5) is 23.1. The van der Waals surface area contributed by atoms with E-state index in [-0.39, 0.29) is 25.0 Å². The second-order valence-corrected chi connectivity index (χ2v) is 5.08. The van der Waals surface area contributed by atoms with Gasteiger partial charge in [-0.15, -0.1) is 0 Å². The average Bonchev–Trinajstić information content (AvgIpc) is 2.44. The Morgan fingerprint density at radius 2 is 2.30 bits per heavy atom. The van der Waals surface area contributed by atoms with Gasteiger partial charge in [-0.1, -0.05) is 6.92 Å². The van der Waals surface area contributed by atoms with Crippen molar-refractivity contribution in [3.05, 3.63) is 23.8 Å². The Morgan fingerprint density at radius 3 is 3.00 bits per heavy atom. The molecule has 0 saturated heterocycles. The van der Waals surface area contributed by atoms with Gasteiger partial charge in [0, 0.05) is 12.1 Å². The molecule has 108 valence electrons. The van der Waals surface area contributed by atoms with E-state index in [0.29, 0.717) is 23.4 Å². The molecule has 0 spiro atoms. The van der Waals surface area contributed by atoms with Crippen LogP contribution in [0.25, 0.3) is 0 Å². The zero-order valence-electron chi connectivity index (χ0n) is 11.5. The van der Waals surface area contributed by atoms with Crippen molar-refractivity contribution < 1.29 is 19.4 Å². The number of anilines is 1. The summed E-state index contributed by atoms with van der Waals surface area (Å²) in [7, 11) is 0. The van der Waals surface area contributed by atoms with Gasteiger partial charge in [-0.2, -0.15) is 0 Å². The van der Waals surface area contributed by atoms with Crippen LogP contribution in [0.5, 0.6) is 5.75 Å². The molecule has 3 N–H and O–H groups in total. The molecule has 0 fully saturated rings. The van der Waals surface area contributed by atoms with Gasteiger partial charge in [0.05, 0.1) is 11.3 Å². The number of benzene rings is 1. The van der Waals surface area contributed by atoms with Gasteiger partial charge < -0.3 is 20.5 Å².